The van der Waals surface area contributed by atoms with Gasteiger partial charge in [0.25, 0.3) is 0 Å². The molecule has 0 bridgehead atoms. The first-order chi connectivity index (χ1) is 12.3. The van der Waals surface area contributed by atoms with E-state index < -0.39 is 0 Å². The molecule has 0 nitrogen and oxygen atoms in total. The SMILES string of the molecule is C[Si](C)=[Hf+2].Cc1ccc(C)c2[cH-]ccc12.Cc1ccc(C)c2[cH-]ccc12.[Cl-].[Cl-]. The van der Waals surface area contributed by atoms with E-state index >= 15 is 0 Å². The summed E-state index contributed by atoms with van der Waals surface area (Å²) in [5, 5.41) is 5.57. The molecule has 4 aromatic rings. The van der Waals surface area contributed by atoms with Crippen molar-refractivity contribution in [1.82, 2.24) is 0 Å². The minimum Gasteiger partial charge on any atom is -1.00 e. The average Bonchev–Trinajstić information content (AvgIpc) is 3.25. The van der Waals surface area contributed by atoms with Crippen LogP contribution in [0.2, 0.25) is 13.1 Å². The summed E-state index contributed by atoms with van der Waals surface area (Å²) in [6.45, 7) is 13.3. The van der Waals surface area contributed by atoms with Gasteiger partial charge in [-0.15, -0.1) is 56.9 Å². The summed E-state index contributed by atoms with van der Waals surface area (Å²) in [4.78, 5) is 0. The van der Waals surface area contributed by atoms with Gasteiger partial charge < -0.3 is 24.8 Å². The third-order valence-electron chi connectivity index (χ3n) is 4.50. The van der Waals surface area contributed by atoms with Crippen molar-refractivity contribution in [2.24, 2.45) is 0 Å². The second kappa shape index (κ2) is 12.8. The van der Waals surface area contributed by atoms with Crippen LogP contribution >= 0.6 is 0 Å². The molecule has 148 valence electrons. The van der Waals surface area contributed by atoms with Gasteiger partial charge in [0.2, 0.25) is 0 Å². The predicted molar refractivity (Wildman–Crippen MR) is 116 cm³/mol. The Balaban J connectivity index is 0.000000415. The Labute approximate surface area is 197 Å². The molecule has 0 aliphatic heterocycles. The van der Waals surface area contributed by atoms with Crippen LogP contribution in [0.3, 0.4) is 0 Å². The van der Waals surface area contributed by atoms with Crippen LogP contribution in [-0.2, 0) is 23.0 Å². The fraction of sp³-hybridized carbons (Fsp3) is 0.250. The van der Waals surface area contributed by atoms with Crippen molar-refractivity contribution in [2.75, 3.05) is 0 Å². The van der Waals surface area contributed by atoms with E-state index in [9.17, 15) is 0 Å². The summed E-state index contributed by atoms with van der Waals surface area (Å²) in [5.74, 6) is 0. The molecule has 0 atom stereocenters. The number of fused-ring (bicyclic) bond motifs is 2. The van der Waals surface area contributed by atoms with Crippen molar-refractivity contribution in [3.8, 4) is 0 Å². The van der Waals surface area contributed by atoms with Crippen LogP contribution in [0.25, 0.3) is 21.5 Å². The number of benzene rings is 2. The van der Waals surface area contributed by atoms with Crippen molar-refractivity contribution in [3.05, 3.63) is 82.9 Å². The molecule has 0 aromatic heterocycles. The van der Waals surface area contributed by atoms with E-state index in [4.69, 9.17) is 0 Å². The molecule has 0 unspecified atom stereocenters. The second-order valence-electron chi connectivity index (χ2n) is 7.10. The first-order valence-corrected chi connectivity index (χ1v) is 16.9. The molecule has 0 N–H and O–H groups in total. The van der Waals surface area contributed by atoms with Gasteiger partial charge in [-0.3, -0.25) is 0 Å². The fourth-order valence-corrected chi connectivity index (χ4v) is 3.07. The Hall–Kier alpha value is -0.673. The maximum Gasteiger partial charge on any atom is -0.0488 e. The van der Waals surface area contributed by atoms with Crippen molar-refractivity contribution < 1.29 is 47.8 Å². The molecular weight excluding hydrogens is 566 g/mol. The van der Waals surface area contributed by atoms with E-state index in [0.29, 0.717) is 0 Å². The molecule has 0 heterocycles. The summed E-state index contributed by atoms with van der Waals surface area (Å²) in [7, 11) is 0. The Kier molecular flexibility index (Phi) is 12.5. The van der Waals surface area contributed by atoms with Crippen LogP contribution in [0.1, 0.15) is 22.3 Å². The van der Waals surface area contributed by atoms with Gasteiger partial charge in [-0.05, 0) is 13.8 Å². The average molecular weight is 594 g/mol. The van der Waals surface area contributed by atoms with Crippen molar-refractivity contribution in [3.63, 3.8) is 0 Å². The molecular formula is C24H28Cl2HfSi-2. The summed E-state index contributed by atoms with van der Waals surface area (Å²) < 4.78 is 0. The summed E-state index contributed by atoms with van der Waals surface area (Å²) in [6.07, 6.45) is 0. The molecule has 0 fully saturated rings. The molecule has 0 radical (unpaired) electrons. The zero-order valence-electron chi connectivity index (χ0n) is 17.5. The van der Waals surface area contributed by atoms with Crippen molar-refractivity contribution in [2.45, 2.75) is 40.8 Å². The van der Waals surface area contributed by atoms with E-state index in [-0.39, 0.29) is 30.3 Å². The van der Waals surface area contributed by atoms with Crippen LogP contribution in [0.4, 0.5) is 0 Å². The van der Waals surface area contributed by atoms with Gasteiger partial charge in [-0.2, -0.15) is 24.3 Å². The number of hydrogen-bond donors (Lipinski definition) is 0. The second-order valence-corrected chi connectivity index (χ2v) is 19.9. The predicted octanol–water partition coefficient (Wildman–Crippen LogP) is 1.14. The number of aryl methyl sites for hydroxylation is 4. The van der Waals surface area contributed by atoms with E-state index in [2.05, 4.69) is 101 Å². The van der Waals surface area contributed by atoms with Gasteiger partial charge in [0, 0.05) is 0 Å². The Morgan fingerprint density at radius 2 is 0.893 bits per heavy atom. The third-order valence-corrected chi connectivity index (χ3v) is 4.50. The Morgan fingerprint density at radius 1 is 0.607 bits per heavy atom. The molecule has 28 heavy (non-hydrogen) atoms. The molecule has 0 saturated carbocycles. The third kappa shape index (κ3) is 7.30. The topological polar surface area (TPSA) is 0 Å². The van der Waals surface area contributed by atoms with Gasteiger partial charge in [-0.25, -0.2) is 0 Å². The largest absolute Gasteiger partial charge is 1.00 e. The van der Waals surface area contributed by atoms with Crippen LogP contribution in [0.15, 0.2) is 60.7 Å². The van der Waals surface area contributed by atoms with Gasteiger partial charge >= 0.3 is 41.6 Å². The van der Waals surface area contributed by atoms with E-state index in [1.54, 1.807) is 0 Å². The zero-order chi connectivity index (χ0) is 19.3. The maximum absolute atomic E-state index is 2.33. The van der Waals surface area contributed by atoms with Gasteiger partial charge in [-0.1, -0.05) is 37.1 Å². The molecule has 0 saturated heterocycles. The van der Waals surface area contributed by atoms with E-state index in [0.717, 1.165) is 0 Å². The van der Waals surface area contributed by atoms with Crippen LogP contribution in [0, 0.1) is 27.7 Å². The molecule has 4 rings (SSSR count). The van der Waals surface area contributed by atoms with E-state index in [1.165, 1.54) is 66.8 Å². The monoisotopic (exact) mass is 594 g/mol. The Bertz CT molecular complexity index is 874. The van der Waals surface area contributed by atoms with Gasteiger partial charge in [0.15, 0.2) is 0 Å². The van der Waals surface area contributed by atoms with Crippen molar-refractivity contribution in [1.29, 1.82) is 0 Å². The normalized spacial score (nSPS) is 9.43. The Morgan fingerprint density at radius 3 is 1.18 bits per heavy atom. The minimum atomic E-state index is 0. The zero-order valence-corrected chi connectivity index (χ0v) is 23.6. The standard InChI is InChI=1S/2C11H11.C2H6Si.2ClH.Hf/c2*1-8-6-7-9(2)11-5-3-4-10(8)11;1-3-2;;;/h2*3-7H,1-2H3;1-2H3;2*1H;/q2*-1;;;;+2/p-2. The maximum atomic E-state index is 2.33. The van der Waals surface area contributed by atoms with Gasteiger partial charge in [0.1, 0.15) is 0 Å². The molecule has 0 aliphatic carbocycles. The summed E-state index contributed by atoms with van der Waals surface area (Å²) in [5.41, 5.74) is 5.74. The number of rotatable bonds is 0. The molecule has 0 aliphatic rings. The smallest absolute Gasteiger partial charge is 0.0488 e. The summed E-state index contributed by atoms with van der Waals surface area (Å²) >= 11 is 1.45. The minimum absolute atomic E-state index is 0. The first kappa shape index (κ1) is 27.3. The van der Waals surface area contributed by atoms with Crippen LogP contribution in [-0.4, -0.2) is 5.49 Å². The quantitative estimate of drug-likeness (QED) is 0.212. The van der Waals surface area contributed by atoms with Crippen molar-refractivity contribution >= 4 is 27.0 Å². The van der Waals surface area contributed by atoms with Gasteiger partial charge in [0.05, 0.1) is 0 Å². The molecule has 4 heteroatoms. The number of hydrogen-bond acceptors (Lipinski definition) is 0. The fourth-order valence-electron chi connectivity index (χ4n) is 3.07. The molecule has 4 aromatic carbocycles. The number of halogens is 2. The van der Waals surface area contributed by atoms with E-state index in [1.807, 2.05) is 0 Å². The molecule has 0 spiro atoms. The molecule has 0 amide bonds. The van der Waals surface area contributed by atoms with Crippen LogP contribution < -0.4 is 24.8 Å². The van der Waals surface area contributed by atoms with Crippen LogP contribution in [0.5, 0.6) is 0 Å². The first-order valence-electron chi connectivity index (χ1n) is 9.06. The summed E-state index contributed by atoms with van der Waals surface area (Å²) in [6, 6.07) is 21.7.